The Morgan fingerprint density at radius 3 is 2.68 bits per heavy atom. The molecule has 2 aromatic rings. The molecule has 31 heavy (non-hydrogen) atoms. The summed E-state index contributed by atoms with van der Waals surface area (Å²) in [5, 5.41) is 2.35. The van der Waals surface area contributed by atoms with E-state index in [1.807, 2.05) is 24.3 Å². The summed E-state index contributed by atoms with van der Waals surface area (Å²) in [6.07, 6.45) is 0.624. The molecule has 2 aromatic carbocycles. The quantitative estimate of drug-likeness (QED) is 0.746. The number of carbonyl (C=O) groups excluding carboxylic acids is 3. The van der Waals surface area contributed by atoms with Gasteiger partial charge >= 0.3 is 0 Å². The lowest BCUT2D eigenvalue weighted by Gasteiger charge is -2.37. The molecule has 0 aliphatic carbocycles. The third-order valence-electron chi connectivity index (χ3n) is 6.95. The highest BCUT2D eigenvalue weighted by molar-refractivity contribution is 6.05. The molecule has 5 rings (SSSR count). The SMILES string of the molecule is CC1(C)C(N)c2ccccc2N1Cc1ccc2c(c1)CN(C1CCC(=O)NC1=O)C2=O. The number of nitrogens with two attached hydrogens (primary N) is 1. The van der Waals surface area contributed by atoms with Gasteiger partial charge in [0.15, 0.2) is 0 Å². The summed E-state index contributed by atoms with van der Waals surface area (Å²) in [5.41, 5.74) is 11.2. The first-order valence-electron chi connectivity index (χ1n) is 10.7. The van der Waals surface area contributed by atoms with Gasteiger partial charge in [0.25, 0.3) is 5.91 Å². The molecular weight excluding hydrogens is 392 g/mol. The average Bonchev–Trinajstić information content (AvgIpc) is 3.15. The van der Waals surface area contributed by atoms with Crippen LogP contribution in [0.5, 0.6) is 0 Å². The molecule has 0 saturated carbocycles. The van der Waals surface area contributed by atoms with E-state index in [-0.39, 0.29) is 35.7 Å². The van der Waals surface area contributed by atoms with E-state index < -0.39 is 6.04 Å². The lowest BCUT2D eigenvalue weighted by atomic mass is 9.93. The number of piperidine rings is 1. The number of anilines is 1. The fraction of sp³-hybridized carbons (Fsp3) is 0.375. The Kier molecular flexibility index (Phi) is 4.41. The van der Waals surface area contributed by atoms with Crippen molar-refractivity contribution in [2.75, 3.05) is 4.90 Å². The smallest absolute Gasteiger partial charge is 0.255 e. The number of fused-ring (bicyclic) bond motifs is 2. The molecule has 7 heteroatoms. The zero-order valence-corrected chi connectivity index (χ0v) is 17.7. The molecule has 3 aliphatic rings. The molecule has 3 amide bonds. The Balaban J connectivity index is 1.40. The van der Waals surface area contributed by atoms with Crippen molar-refractivity contribution in [2.45, 2.75) is 57.4 Å². The Hall–Kier alpha value is -3.19. The van der Waals surface area contributed by atoms with Crippen LogP contribution in [0, 0.1) is 0 Å². The molecule has 2 unspecified atom stereocenters. The molecule has 1 saturated heterocycles. The highest BCUT2D eigenvalue weighted by Gasteiger charge is 2.43. The summed E-state index contributed by atoms with van der Waals surface area (Å²) < 4.78 is 0. The topological polar surface area (TPSA) is 95.7 Å². The van der Waals surface area contributed by atoms with Crippen molar-refractivity contribution in [2.24, 2.45) is 5.73 Å². The number of imide groups is 1. The van der Waals surface area contributed by atoms with E-state index in [4.69, 9.17) is 5.73 Å². The van der Waals surface area contributed by atoms with Crippen LogP contribution in [0.2, 0.25) is 0 Å². The number of carbonyl (C=O) groups is 3. The van der Waals surface area contributed by atoms with E-state index in [1.165, 1.54) is 0 Å². The van der Waals surface area contributed by atoms with Gasteiger partial charge in [-0.3, -0.25) is 19.7 Å². The van der Waals surface area contributed by atoms with Gasteiger partial charge in [0.05, 0.1) is 11.6 Å². The first-order chi connectivity index (χ1) is 14.8. The minimum Gasteiger partial charge on any atom is -0.360 e. The van der Waals surface area contributed by atoms with Crippen LogP contribution in [0.15, 0.2) is 42.5 Å². The number of amides is 3. The Morgan fingerprint density at radius 1 is 1.13 bits per heavy atom. The monoisotopic (exact) mass is 418 g/mol. The largest absolute Gasteiger partial charge is 0.360 e. The van der Waals surface area contributed by atoms with Gasteiger partial charge in [-0.1, -0.05) is 30.3 Å². The van der Waals surface area contributed by atoms with Crippen molar-refractivity contribution in [1.82, 2.24) is 10.2 Å². The number of nitrogens with one attached hydrogen (secondary N) is 1. The molecule has 0 spiro atoms. The Morgan fingerprint density at radius 2 is 1.90 bits per heavy atom. The summed E-state index contributed by atoms with van der Waals surface area (Å²) in [6, 6.07) is 13.4. The summed E-state index contributed by atoms with van der Waals surface area (Å²) >= 11 is 0. The van der Waals surface area contributed by atoms with Crippen LogP contribution < -0.4 is 16.0 Å². The number of rotatable bonds is 3. The molecular formula is C24H26N4O3. The second kappa shape index (κ2) is 6.92. The van der Waals surface area contributed by atoms with E-state index in [0.717, 1.165) is 22.4 Å². The molecule has 3 aliphatic heterocycles. The van der Waals surface area contributed by atoms with E-state index >= 15 is 0 Å². The van der Waals surface area contributed by atoms with Crippen LogP contribution in [-0.4, -0.2) is 34.2 Å². The summed E-state index contributed by atoms with van der Waals surface area (Å²) in [5.74, 6) is -0.814. The number of para-hydroxylation sites is 1. The second-order valence-corrected chi connectivity index (χ2v) is 9.17. The Bertz CT molecular complexity index is 1110. The molecule has 7 nitrogen and oxygen atoms in total. The molecule has 0 bridgehead atoms. The number of benzene rings is 2. The first-order valence-corrected chi connectivity index (χ1v) is 10.7. The van der Waals surface area contributed by atoms with Crippen molar-refractivity contribution in [1.29, 1.82) is 0 Å². The van der Waals surface area contributed by atoms with Gasteiger partial charge in [0.2, 0.25) is 11.8 Å². The highest BCUT2D eigenvalue weighted by atomic mass is 16.2. The average molecular weight is 418 g/mol. The minimum absolute atomic E-state index is 0.0808. The van der Waals surface area contributed by atoms with E-state index in [2.05, 4.69) is 42.3 Å². The summed E-state index contributed by atoms with van der Waals surface area (Å²) in [7, 11) is 0. The van der Waals surface area contributed by atoms with Crippen LogP contribution in [0.3, 0.4) is 0 Å². The fourth-order valence-electron chi connectivity index (χ4n) is 5.05. The van der Waals surface area contributed by atoms with Crippen LogP contribution in [0.4, 0.5) is 5.69 Å². The fourth-order valence-corrected chi connectivity index (χ4v) is 5.05. The van der Waals surface area contributed by atoms with E-state index in [1.54, 1.807) is 4.90 Å². The number of nitrogens with zero attached hydrogens (tertiary/aromatic N) is 2. The van der Waals surface area contributed by atoms with Gasteiger partial charge in [-0.25, -0.2) is 0 Å². The lowest BCUT2D eigenvalue weighted by Crippen LogP contribution is -2.52. The predicted molar refractivity (Wildman–Crippen MR) is 116 cm³/mol. The van der Waals surface area contributed by atoms with Crippen molar-refractivity contribution in [3.05, 3.63) is 64.7 Å². The maximum atomic E-state index is 12.9. The standard InChI is InChI=1S/C24H26N4O3/c1-24(2)21(25)17-5-3-4-6-18(17)28(24)12-14-7-8-16-15(11-14)13-27(23(16)31)19-9-10-20(29)26-22(19)30/h3-8,11,19,21H,9-10,12-13,25H2,1-2H3,(H,26,29,30). The Labute approximate surface area is 181 Å². The second-order valence-electron chi connectivity index (χ2n) is 9.17. The van der Waals surface area contributed by atoms with Gasteiger partial charge in [0.1, 0.15) is 6.04 Å². The summed E-state index contributed by atoms with van der Waals surface area (Å²) in [4.78, 5) is 40.5. The third-order valence-corrected chi connectivity index (χ3v) is 6.95. The van der Waals surface area contributed by atoms with E-state index in [9.17, 15) is 14.4 Å². The maximum absolute atomic E-state index is 12.9. The molecule has 160 valence electrons. The first kappa shape index (κ1) is 19.8. The molecule has 3 N–H and O–H groups in total. The normalized spacial score (nSPS) is 24.3. The number of hydrogen-bond donors (Lipinski definition) is 2. The molecule has 0 aromatic heterocycles. The van der Waals surface area contributed by atoms with Crippen LogP contribution in [0.25, 0.3) is 0 Å². The lowest BCUT2D eigenvalue weighted by molar-refractivity contribution is -0.136. The maximum Gasteiger partial charge on any atom is 0.255 e. The molecule has 3 heterocycles. The van der Waals surface area contributed by atoms with Crippen molar-refractivity contribution >= 4 is 23.4 Å². The third kappa shape index (κ3) is 3.03. The van der Waals surface area contributed by atoms with Crippen molar-refractivity contribution < 1.29 is 14.4 Å². The van der Waals surface area contributed by atoms with Gasteiger partial charge in [-0.05, 0) is 49.1 Å². The highest BCUT2D eigenvalue weighted by Crippen LogP contribution is 2.45. The van der Waals surface area contributed by atoms with Crippen LogP contribution in [-0.2, 0) is 22.7 Å². The van der Waals surface area contributed by atoms with E-state index in [0.29, 0.717) is 25.1 Å². The van der Waals surface area contributed by atoms with Crippen LogP contribution in [0.1, 0.15) is 59.8 Å². The minimum atomic E-state index is -0.594. The molecule has 1 fully saturated rings. The summed E-state index contributed by atoms with van der Waals surface area (Å²) in [6.45, 7) is 5.37. The van der Waals surface area contributed by atoms with Gasteiger partial charge in [0, 0.05) is 30.8 Å². The van der Waals surface area contributed by atoms with Gasteiger partial charge in [-0.2, -0.15) is 0 Å². The zero-order valence-electron chi connectivity index (χ0n) is 17.7. The molecule has 0 radical (unpaired) electrons. The van der Waals surface area contributed by atoms with Crippen molar-refractivity contribution in [3.8, 4) is 0 Å². The zero-order chi connectivity index (χ0) is 21.9. The molecule has 2 atom stereocenters. The van der Waals surface area contributed by atoms with Crippen LogP contribution >= 0.6 is 0 Å². The predicted octanol–water partition coefficient (Wildman–Crippen LogP) is 2.25. The van der Waals surface area contributed by atoms with Gasteiger partial charge < -0.3 is 15.5 Å². The van der Waals surface area contributed by atoms with Crippen molar-refractivity contribution in [3.63, 3.8) is 0 Å². The number of hydrogen-bond acceptors (Lipinski definition) is 5. The van der Waals surface area contributed by atoms with Gasteiger partial charge in [-0.15, -0.1) is 0 Å².